The second-order valence-corrected chi connectivity index (χ2v) is 4.51. The van der Waals surface area contributed by atoms with Gasteiger partial charge >= 0.3 is 0 Å². The molecule has 0 saturated carbocycles. The molecule has 2 aromatic heterocycles. The van der Waals surface area contributed by atoms with Crippen LogP contribution >= 0.6 is 0 Å². The molecule has 7 nitrogen and oxygen atoms in total. The average Bonchev–Trinajstić information content (AvgIpc) is 3.02. The average molecular weight is 262 g/mol. The number of rotatable bonds is 5. The minimum absolute atomic E-state index is 0.0655. The molecular formula is C12H18N6O. The minimum Gasteiger partial charge on any atom is -0.354 e. The zero-order valence-corrected chi connectivity index (χ0v) is 11.3. The number of aromatic amines is 1. The Morgan fingerprint density at radius 3 is 2.89 bits per heavy atom. The summed E-state index contributed by atoms with van der Waals surface area (Å²) in [5, 5.41) is 13.9. The summed E-state index contributed by atoms with van der Waals surface area (Å²) in [5.41, 5.74) is 3.20. The van der Waals surface area contributed by atoms with Crippen molar-refractivity contribution in [3.05, 3.63) is 29.6 Å². The van der Waals surface area contributed by atoms with Crippen LogP contribution in [0.1, 0.15) is 29.9 Å². The highest BCUT2D eigenvalue weighted by molar-refractivity contribution is 5.79. The lowest BCUT2D eigenvalue weighted by atomic mass is 10.1. The third kappa shape index (κ3) is 2.98. The predicted molar refractivity (Wildman–Crippen MR) is 69.5 cm³/mol. The Bertz CT molecular complexity index is 525. The van der Waals surface area contributed by atoms with E-state index in [4.69, 9.17) is 0 Å². The van der Waals surface area contributed by atoms with Crippen molar-refractivity contribution < 1.29 is 4.79 Å². The fourth-order valence-corrected chi connectivity index (χ4v) is 1.94. The van der Waals surface area contributed by atoms with E-state index in [-0.39, 0.29) is 11.9 Å². The summed E-state index contributed by atoms with van der Waals surface area (Å²) >= 11 is 0. The Morgan fingerprint density at radius 2 is 2.32 bits per heavy atom. The van der Waals surface area contributed by atoms with Crippen molar-refractivity contribution in [2.75, 3.05) is 6.54 Å². The van der Waals surface area contributed by atoms with Crippen molar-refractivity contribution in [2.24, 2.45) is 0 Å². The summed E-state index contributed by atoms with van der Waals surface area (Å²) in [7, 11) is 0. The smallest absolute Gasteiger partial charge is 0.244 e. The molecule has 0 aromatic carbocycles. The van der Waals surface area contributed by atoms with Gasteiger partial charge < -0.3 is 5.32 Å². The summed E-state index contributed by atoms with van der Waals surface area (Å²) in [6.45, 7) is 6.31. The van der Waals surface area contributed by atoms with Crippen LogP contribution in [0.2, 0.25) is 0 Å². The molecule has 2 rings (SSSR count). The number of H-pyrrole nitrogens is 1. The van der Waals surface area contributed by atoms with Gasteiger partial charge in [0.1, 0.15) is 18.7 Å². The van der Waals surface area contributed by atoms with Crippen LogP contribution in [-0.2, 0) is 11.2 Å². The number of carbonyl (C=O) groups is 1. The highest BCUT2D eigenvalue weighted by atomic mass is 16.2. The number of aryl methyl sites for hydroxylation is 2. The van der Waals surface area contributed by atoms with Crippen LogP contribution in [-0.4, -0.2) is 37.4 Å². The van der Waals surface area contributed by atoms with Crippen LogP contribution in [0.4, 0.5) is 0 Å². The zero-order valence-electron chi connectivity index (χ0n) is 11.3. The Balaban J connectivity index is 1.84. The SMILES string of the molecule is Cc1n[nH]c(C)c1CCNC(=O)C(C)n1cncn1. The number of aromatic nitrogens is 5. The second-order valence-electron chi connectivity index (χ2n) is 4.51. The first-order chi connectivity index (χ1) is 9.09. The normalized spacial score (nSPS) is 12.4. The van der Waals surface area contributed by atoms with Crippen LogP contribution in [0.15, 0.2) is 12.7 Å². The quantitative estimate of drug-likeness (QED) is 0.823. The Hall–Kier alpha value is -2.18. The Morgan fingerprint density at radius 1 is 1.53 bits per heavy atom. The van der Waals surface area contributed by atoms with Gasteiger partial charge in [-0.05, 0) is 32.8 Å². The van der Waals surface area contributed by atoms with Crippen molar-refractivity contribution in [2.45, 2.75) is 33.2 Å². The van der Waals surface area contributed by atoms with E-state index in [1.54, 1.807) is 6.92 Å². The van der Waals surface area contributed by atoms with Crippen LogP contribution in [0.25, 0.3) is 0 Å². The molecule has 0 fully saturated rings. The van der Waals surface area contributed by atoms with Gasteiger partial charge in [0.05, 0.1) is 5.69 Å². The molecule has 1 atom stereocenters. The predicted octanol–water partition coefficient (Wildman–Crippen LogP) is 0.538. The largest absolute Gasteiger partial charge is 0.354 e. The molecule has 7 heteroatoms. The molecule has 1 amide bonds. The van der Waals surface area contributed by atoms with Gasteiger partial charge in [0.15, 0.2) is 0 Å². The summed E-state index contributed by atoms with van der Waals surface area (Å²) in [4.78, 5) is 15.7. The molecule has 19 heavy (non-hydrogen) atoms. The Kier molecular flexibility index (Phi) is 3.94. The van der Waals surface area contributed by atoms with Crippen molar-refractivity contribution in [3.63, 3.8) is 0 Å². The van der Waals surface area contributed by atoms with Gasteiger partial charge in [-0.15, -0.1) is 0 Å². The van der Waals surface area contributed by atoms with Gasteiger partial charge in [-0.3, -0.25) is 9.89 Å². The topological polar surface area (TPSA) is 88.5 Å². The number of hydrogen-bond acceptors (Lipinski definition) is 4. The molecule has 2 heterocycles. The molecule has 0 saturated heterocycles. The molecule has 0 aliphatic heterocycles. The highest BCUT2D eigenvalue weighted by Crippen LogP contribution is 2.09. The van der Waals surface area contributed by atoms with Gasteiger partial charge in [-0.1, -0.05) is 0 Å². The molecule has 2 N–H and O–H groups in total. The first kappa shape index (κ1) is 13.3. The van der Waals surface area contributed by atoms with Crippen molar-refractivity contribution in [1.29, 1.82) is 0 Å². The minimum atomic E-state index is -0.353. The summed E-state index contributed by atoms with van der Waals surface area (Å²) in [6, 6.07) is -0.353. The van der Waals surface area contributed by atoms with Crippen LogP contribution in [0, 0.1) is 13.8 Å². The molecule has 0 radical (unpaired) electrons. The highest BCUT2D eigenvalue weighted by Gasteiger charge is 2.15. The molecule has 0 spiro atoms. The third-order valence-corrected chi connectivity index (χ3v) is 3.17. The lowest BCUT2D eigenvalue weighted by Gasteiger charge is -2.12. The Labute approximate surface area is 111 Å². The molecule has 102 valence electrons. The molecule has 0 aliphatic carbocycles. The van der Waals surface area contributed by atoms with Crippen molar-refractivity contribution >= 4 is 5.91 Å². The zero-order chi connectivity index (χ0) is 13.8. The van der Waals surface area contributed by atoms with E-state index in [1.807, 2.05) is 13.8 Å². The van der Waals surface area contributed by atoms with Crippen LogP contribution in [0.3, 0.4) is 0 Å². The molecule has 1 unspecified atom stereocenters. The maximum Gasteiger partial charge on any atom is 0.244 e. The molecule has 0 bridgehead atoms. The van der Waals surface area contributed by atoms with Gasteiger partial charge in [-0.25, -0.2) is 9.67 Å². The lowest BCUT2D eigenvalue weighted by molar-refractivity contribution is -0.124. The maximum atomic E-state index is 11.9. The van der Waals surface area contributed by atoms with Crippen molar-refractivity contribution in [1.82, 2.24) is 30.3 Å². The summed E-state index contributed by atoms with van der Waals surface area (Å²) in [5.74, 6) is -0.0655. The molecule has 0 aliphatic rings. The van der Waals surface area contributed by atoms with Gasteiger partial charge in [-0.2, -0.15) is 10.2 Å². The van der Waals surface area contributed by atoms with E-state index >= 15 is 0 Å². The number of hydrogen-bond donors (Lipinski definition) is 2. The van der Waals surface area contributed by atoms with E-state index in [0.717, 1.165) is 23.4 Å². The standard InChI is InChI=1S/C12H18N6O/c1-8-11(9(2)17-16-8)4-5-14-12(19)10(3)18-7-13-6-15-18/h6-7,10H,4-5H2,1-3H3,(H,14,19)(H,16,17). The van der Waals surface area contributed by atoms with Gasteiger partial charge in [0.25, 0.3) is 0 Å². The maximum absolute atomic E-state index is 11.9. The number of nitrogens with zero attached hydrogens (tertiary/aromatic N) is 4. The van der Waals surface area contributed by atoms with Gasteiger partial charge in [0, 0.05) is 12.2 Å². The summed E-state index contributed by atoms with van der Waals surface area (Å²) in [6.07, 6.45) is 3.72. The first-order valence-corrected chi connectivity index (χ1v) is 6.22. The second kappa shape index (κ2) is 5.64. The molecule has 2 aromatic rings. The fraction of sp³-hybridized carbons (Fsp3) is 0.500. The van der Waals surface area contributed by atoms with Crippen LogP contribution < -0.4 is 5.32 Å². The number of amides is 1. The van der Waals surface area contributed by atoms with E-state index in [2.05, 4.69) is 25.6 Å². The third-order valence-electron chi connectivity index (χ3n) is 3.17. The van der Waals surface area contributed by atoms with E-state index in [9.17, 15) is 4.79 Å². The number of nitrogens with one attached hydrogen (secondary N) is 2. The van der Waals surface area contributed by atoms with Crippen LogP contribution in [0.5, 0.6) is 0 Å². The fourth-order valence-electron chi connectivity index (χ4n) is 1.94. The lowest BCUT2D eigenvalue weighted by Crippen LogP contribution is -2.32. The first-order valence-electron chi connectivity index (χ1n) is 6.22. The van der Waals surface area contributed by atoms with E-state index in [0.29, 0.717) is 6.54 Å². The van der Waals surface area contributed by atoms with Crippen molar-refractivity contribution in [3.8, 4) is 0 Å². The van der Waals surface area contributed by atoms with E-state index in [1.165, 1.54) is 17.3 Å². The van der Waals surface area contributed by atoms with E-state index < -0.39 is 0 Å². The summed E-state index contributed by atoms with van der Waals surface area (Å²) < 4.78 is 1.53. The monoisotopic (exact) mass is 262 g/mol. The van der Waals surface area contributed by atoms with Gasteiger partial charge in [0.2, 0.25) is 5.91 Å². The molecular weight excluding hydrogens is 244 g/mol. The number of carbonyl (C=O) groups excluding carboxylic acids is 1.